The van der Waals surface area contributed by atoms with Crippen LogP contribution in [0.25, 0.3) is 0 Å². The second kappa shape index (κ2) is 7.61. The van der Waals surface area contributed by atoms with E-state index in [0.29, 0.717) is 18.8 Å². The molecule has 0 rings (SSSR count). The highest BCUT2D eigenvalue weighted by Gasteiger charge is 2.24. The van der Waals surface area contributed by atoms with E-state index in [9.17, 15) is 4.79 Å². The van der Waals surface area contributed by atoms with Crippen LogP contribution >= 0.6 is 0 Å². The molecule has 0 fully saturated rings. The van der Waals surface area contributed by atoms with Crippen LogP contribution in [0.15, 0.2) is 12.2 Å². The molecule has 0 N–H and O–H groups in total. The van der Waals surface area contributed by atoms with E-state index in [0.717, 1.165) is 0 Å². The Hall–Kier alpha value is -0.653. The van der Waals surface area contributed by atoms with E-state index in [-0.39, 0.29) is 11.9 Å². The second-order valence-corrected chi connectivity index (χ2v) is 5.36. The average molecular weight is 232 g/mol. The Labute approximate surface area is 92.9 Å². The summed E-state index contributed by atoms with van der Waals surface area (Å²) in [7, 11) is -1.82. The van der Waals surface area contributed by atoms with Gasteiger partial charge in [-0.05, 0) is 27.3 Å². The predicted molar refractivity (Wildman–Crippen MR) is 61.0 cm³/mol. The molecule has 4 nitrogen and oxygen atoms in total. The Kier molecular flexibility index (Phi) is 7.28. The number of rotatable bonds is 7. The van der Waals surface area contributed by atoms with Crippen LogP contribution < -0.4 is 0 Å². The van der Waals surface area contributed by atoms with Crippen molar-refractivity contribution in [3.05, 3.63) is 12.2 Å². The van der Waals surface area contributed by atoms with Crippen molar-refractivity contribution in [1.29, 1.82) is 0 Å². The molecule has 0 aromatic carbocycles. The Bertz CT molecular complexity index is 211. The standard InChI is InChI=1S/C10H20O4Si/c1-6-12-10(13-7-2)15(5)14-9(11)8(3)4/h10,15H,3,6-7H2,1-2,4-5H3. The van der Waals surface area contributed by atoms with E-state index in [1.54, 1.807) is 6.92 Å². The summed E-state index contributed by atoms with van der Waals surface area (Å²) in [5, 5.41) is 0. The van der Waals surface area contributed by atoms with Gasteiger partial charge in [-0.25, -0.2) is 4.79 Å². The van der Waals surface area contributed by atoms with E-state index >= 15 is 0 Å². The van der Waals surface area contributed by atoms with Crippen LogP contribution in [-0.2, 0) is 18.7 Å². The Morgan fingerprint density at radius 1 is 1.33 bits per heavy atom. The smallest absolute Gasteiger partial charge is 0.319 e. The molecule has 88 valence electrons. The first kappa shape index (κ1) is 14.3. The lowest BCUT2D eigenvalue weighted by Crippen LogP contribution is -2.38. The molecule has 0 saturated carbocycles. The van der Waals surface area contributed by atoms with Gasteiger partial charge in [0.2, 0.25) is 0 Å². The van der Waals surface area contributed by atoms with E-state index < -0.39 is 9.04 Å². The third-order valence-corrected chi connectivity index (χ3v) is 3.42. The van der Waals surface area contributed by atoms with E-state index in [1.165, 1.54) is 0 Å². The van der Waals surface area contributed by atoms with Crippen LogP contribution in [0, 0.1) is 0 Å². The third kappa shape index (κ3) is 5.71. The fraction of sp³-hybridized carbons (Fsp3) is 0.700. The molecule has 0 aliphatic heterocycles. The Morgan fingerprint density at radius 2 is 1.80 bits per heavy atom. The molecule has 0 bridgehead atoms. The van der Waals surface area contributed by atoms with Gasteiger partial charge in [0.05, 0.1) is 0 Å². The summed E-state index contributed by atoms with van der Waals surface area (Å²) in [5.41, 5.74) is 0.404. The maximum atomic E-state index is 11.3. The molecule has 0 radical (unpaired) electrons. The molecule has 5 heteroatoms. The van der Waals surface area contributed by atoms with Crippen molar-refractivity contribution in [2.75, 3.05) is 13.2 Å². The summed E-state index contributed by atoms with van der Waals surface area (Å²) >= 11 is 0. The maximum absolute atomic E-state index is 11.3. The van der Waals surface area contributed by atoms with Crippen LogP contribution in [0.4, 0.5) is 0 Å². The first-order valence-corrected chi connectivity index (χ1v) is 7.41. The van der Waals surface area contributed by atoms with Gasteiger partial charge in [-0.1, -0.05) is 6.58 Å². The molecule has 0 spiro atoms. The highest BCUT2D eigenvalue weighted by atomic mass is 28.3. The van der Waals surface area contributed by atoms with Gasteiger partial charge in [-0.3, -0.25) is 0 Å². The lowest BCUT2D eigenvalue weighted by Gasteiger charge is -2.22. The minimum absolute atomic E-state index is 0.362. The van der Waals surface area contributed by atoms with Gasteiger partial charge >= 0.3 is 5.97 Å². The summed E-state index contributed by atoms with van der Waals surface area (Å²) in [5.74, 6) is -0.734. The van der Waals surface area contributed by atoms with Gasteiger partial charge in [0.25, 0.3) is 9.04 Å². The largest absolute Gasteiger partial charge is 0.514 e. The van der Waals surface area contributed by atoms with E-state index in [4.69, 9.17) is 13.9 Å². The van der Waals surface area contributed by atoms with Gasteiger partial charge in [0.15, 0.2) is 5.91 Å². The van der Waals surface area contributed by atoms with Crippen LogP contribution in [-0.4, -0.2) is 34.1 Å². The zero-order valence-electron chi connectivity index (χ0n) is 9.91. The molecular formula is C10H20O4Si. The fourth-order valence-electron chi connectivity index (χ4n) is 0.973. The first-order chi connectivity index (χ1) is 7.02. The number of carbonyl (C=O) groups is 1. The fourth-order valence-corrected chi connectivity index (χ4v) is 2.55. The summed E-state index contributed by atoms with van der Waals surface area (Å²) in [6.07, 6.45) is 0. The molecule has 0 aliphatic rings. The zero-order valence-corrected chi connectivity index (χ0v) is 11.1. The lowest BCUT2D eigenvalue weighted by molar-refractivity contribution is -0.134. The van der Waals surface area contributed by atoms with Crippen molar-refractivity contribution >= 4 is 15.0 Å². The van der Waals surface area contributed by atoms with Crippen LogP contribution in [0.1, 0.15) is 20.8 Å². The normalized spacial score (nSPS) is 12.6. The van der Waals surface area contributed by atoms with Crippen LogP contribution in [0.3, 0.4) is 0 Å². The van der Waals surface area contributed by atoms with Crippen molar-refractivity contribution in [1.82, 2.24) is 0 Å². The SMILES string of the molecule is C=C(C)C(=O)O[SiH](C)C(OCC)OCC. The lowest BCUT2D eigenvalue weighted by atomic mass is 10.4. The number of carbonyl (C=O) groups excluding carboxylic acids is 1. The van der Waals surface area contributed by atoms with Crippen molar-refractivity contribution in [3.8, 4) is 0 Å². The van der Waals surface area contributed by atoms with Gasteiger partial charge in [0.1, 0.15) is 0 Å². The number of hydrogen-bond acceptors (Lipinski definition) is 4. The molecule has 1 atom stereocenters. The summed E-state index contributed by atoms with van der Waals surface area (Å²) in [6.45, 7) is 11.9. The third-order valence-electron chi connectivity index (χ3n) is 1.69. The van der Waals surface area contributed by atoms with Crippen LogP contribution in [0.5, 0.6) is 0 Å². The molecular weight excluding hydrogens is 212 g/mol. The molecule has 1 unspecified atom stereocenters. The predicted octanol–water partition coefficient (Wildman–Crippen LogP) is 1.40. The number of ether oxygens (including phenoxy) is 2. The van der Waals surface area contributed by atoms with Crippen molar-refractivity contribution in [2.45, 2.75) is 33.2 Å². The van der Waals surface area contributed by atoms with Crippen LogP contribution in [0.2, 0.25) is 6.55 Å². The van der Waals surface area contributed by atoms with Crippen molar-refractivity contribution < 1.29 is 18.7 Å². The molecule has 0 heterocycles. The van der Waals surface area contributed by atoms with E-state index in [1.807, 2.05) is 20.4 Å². The quantitative estimate of drug-likeness (QED) is 0.378. The van der Waals surface area contributed by atoms with Gasteiger partial charge in [-0.2, -0.15) is 0 Å². The summed E-state index contributed by atoms with van der Waals surface area (Å²) in [4.78, 5) is 11.3. The molecule has 0 amide bonds. The Balaban J connectivity index is 4.17. The van der Waals surface area contributed by atoms with Gasteiger partial charge in [0, 0.05) is 18.8 Å². The minimum atomic E-state index is -1.82. The van der Waals surface area contributed by atoms with Gasteiger partial charge in [-0.15, -0.1) is 0 Å². The summed E-state index contributed by atoms with van der Waals surface area (Å²) in [6, 6.07) is 0. The molecule has 0 saturated heterocycles. The number of hydrogen-bond donors (Lipinski definition) is 0. The second-order valence-electron chi connectivity index (χ2n) is 3.17. The first-order valence-electron chi connectivity index (χ1n) is 5.12. The zero-order chi connectivity index (χ0) is 11.8. The van der Waals surface area contributed by atoms with E-state index in [2.05, 4.69) is 6.58 Å². The summed E-state index contributed by atoms with van der Waals surface area (Å²) < 4.78 is 15.9. The van der Waals surface area contributed by atoms with Crippen molar-refractivity contribution in [3.63, 3.8) is 0 Å². The minimum Gasteiger partial charge on any atom is -0.514 e. The monoisotopic (exact) mass is 232 g/mol. The van der Waals surface area contributed by atoms with Gasteiger partial charge < -0.3 is 13.9 Å². The Morgan fingerprint density at radius 3 is 2.13 bits per heavy atom. The highest BCUT2D eigenvalue weighted by molar-refractivity contribution is 6.53. The molecule has 0 aromatic rings. The topological polar surface area (TPSA) is 44.8 Å². The molecule has 0 aliphatic carbocycles. The molecule has 15 heavy (non-hydrogen) atoms. The van der Waals surface area contributed by atoms with Crippen molar-refractivity contribution in [2.24, 2.45) is 0 Å². The molecule has 0 aromatic heterocycles. The average Bonchev–Trinajstić information content (AvgIpc) is 2.17. The highest BCUT2D eigenvalue weighted by Crippen LogP contribution is 2.05. The maximum Gasteiger partial charge on any atom is 0.319 e.